The highest BCUT2D eigenvalue weighted by Crippen LogP contribution is 2.36. The van der Waals surface area contributed by atoms with Crippen LogP contribution in [-0.2, 0) is 10.2 Å². The van der Waals surface area contributed by atoms with Gasteiger partial charge in [0.2, 0.25) is 17.6 Å². The maximum absolute atomic E-state index is 12.8. The highest BCUT2D eigenvalue weighted by molar-refractivity contribution is 5.97. The first kappa shape index (κ1) is 20.3. The molecule has 1 amide bonds. The number of rotatable bonds is 3. The monoisotopic (exact) mass is 403 g/mol. The molecule has 1 aliphatic heterocycles. The Bertz CT molecular complexity index is 1070. The molecule has 3 aromatic rings. The van der Waals surface area contributed by atoms with Gasteiger partial charge in [0.1, 0.15) is 0 Å². The Morgan fingerprint density at radius 1 is 1.03 bits per heavy atom. The third kappa shape index (κ3) is 3.76. The molecule has 0 aliphatic carbocycles. The van der Waals surface area contributed by atoms with Crippen molar-refractivity contribution in [1.29, 1.82) is 0 Å². The summed E-state index contributed by atoms with van der Waals surface area (Å²) in [4.78, 5) is 19.3. The van der Waals surface area contributed by atoms with E-state index in [1.165, 1.54) is 11.1 Å². The van der Waals surface area contributed by atoms with E-state index in [0.717, 1.165) is 22.4 Å². The van der Waals surface area contributed by atoms with E-state index in [4.69, 9.17) is 4.52 Å². The second-order valence-corrected chi connectivity index (χ2v) is 9.44. The third-order valence-electron chi connectivity index (χ3n) is 5.83. The minimum absolute atomic E-state index is 0.0901. The zero-order chi connectivity index (χ0) is 21.6. The number of hydrogen-bond donors (Lipinski definition) is 0. The minimum atomic E-state index is -0.0901. The fraction of sp³-hybridized carbons (Fsp3) is 0.400. The highest BCUT2D eigenvalue weighted by atomic mass is 16.5. The van der Waals surface area contributed by atoms with Gasteiger partial charge in [-0.2, -0.15) is 4.98 Å². The van der Waals surface area contributed by atoms with Gasteiger partial charge in [-0.3, -0.25) is 4.79 Å². The summed E-state index contributed by atoms with van der Waals surface area (Å²) in [7, 11) is 0. The molecule has 0 saturated carbocycles. The van der Waals surface area contributed by atoms with Gasteiger partial charge in [-0.15, -0.1) is 0 Å². The van der Waals surface area contributed by atoms with Crippen LogP contribution in [-0.4, -0.2) is 22.6 Å². The topological polar surface area (TPSA) is 59.2 Å². The van der Waals surface area contributed by atoms with Crippen molar-refractivity contribution in [2.75, 3.05) is 11.4 Å². The third-order valence-corrected chi connectivity index (χ3v) is 5.83. The Morgan fingerprint density at radius 3 is 2.27 bits per heavy atom. The molecule has 4 rings (SSSR count). The molecule has 2 aromatic carbocycles. The summed E-state index contributed by atoms with van der Waals surface area (Å²) < 4.78 is 5.57. The van der Waals surface area contributed by atoms with Gasteiger partial charge >= 0.3 is 0 Å². The smallest absolute Gasteiger partial charge is 0.232 e. The Morgan fingerprint density at radius 2 is 1.67 bits per heavy atom. The standard InChI is InChI=1S/C25H29N3O2/c1-15-11-16(2)22(17(3)12-15)28-14-19(13-21(28)29)24-26-23(27-30-24)18-7-9-20(10-8-18)25(4,5)6/h7-12,19H,13-14H2,1-6H3. The molecule has 0 bridgehead atoms. The van der Waals surface area contributed by atoms with E-state index in [1.54, 1.807) is 0 Å². The molecule has 5 heteroatoms. The number of nitrogens with zero attached hydrogens (tertiary/aromatic N) is 3. The number of aromatic nitrogens is 2. The molecule has 0 spiro atoms. The zero-order valence-electron chi connectivity index (χ0n) is 18.6. The summed E-state index contributed by atoms with van der Waals surface area (Å²) in [6.07, 6.45) is 0.386. The number of benzene rings is 2. The van der Waals surface area contributed by atoms with Crippen LogP contribution in [0.4, 0.5) is 5.69 Å². The molecule has 30 heavy (non-hydrogen) atoms. The van der Waals surface area contributed by atoms with Crippen molar-refractivity contribution in [1.82, 2.24) is 10.1 Å². The fourth-order valence-corrected chi connectivity index (χ4v) is 4.32. The fourth-order valence-electron chi connectivity index (χ4n) is 4.32. The van der Waals surface area contributed by atoms with Crippen molar-refractivity contribution < 1.29 is 9.32 Å². The lowest BCUT2D eigenvalue weighted by Gasteiger charge is -2.21. The maximum atomic E-state index is 12.8. The average molecular weight is 404 g/mol. The van der Waals surface area contributed by atoms with Gasteiger partial charge in [-0.05, 0) is 42.9 Å². The second kappa shape index (κ2) is 7.38. The normalized spacial score (nSPS) is 17.1. The van der Waals surface area contributed by atoms with Crippen LogP contribution < -0.4 is 4.90 Å². The SMILES string of the molecule is Cc1cc(C)c(N2CC(c3nc(-c4ccc(C(C)(C)C)cc4)no3)CC2=O)c(C)c1. The van der Waals surface area contributed by atoms with E-state index in [-0.39, 0.29) is 17.2 Å². The number of hydrogen-bond acceptors (Lipinski definition) is 4. The zero-order valence-corrected chi connectivity index (χ0v) is 18.6. The minimum Gasteiger partial charge on any atom is -0.339 e. The molecular weight excluding hydrogens is 374 g/mol. The Hall–Kier alpha value is -2.95. The lowest BCUT2D eigenvalue weighted by Crippen LogP contribution is -2.26. The van der Waals surface area contributed by atoms with E-state index < -0.39 is 0 Å². The first-order valence-electron chi connectivity index (χ1n) is 10.5. The van der Waals surface area contributed by atoms with Gasteiger partial charge in [-0.1, -0.05) is 67.9 Å². The molecule has 2 heterocycles. The summed E-state index contributed by atoms with van der Waals surface area (Å²) in [6.45, 7) is 13.3. The van der Waals surface area contributed by atoms with Gasteiger partial charge in [0.05, 0.1) is 5.92 Å². The van der Waals surface area contributed by atoms with Gasteiger partial charge in [0, 0.05) is 24.2 Å². The molecule has 1 fully saturated rings. The summed E-state index contributed by atoms with van der Waals surface area (Å²) in [6, 6.07) is 12.5. The van der Waals surface area contributed by atoms with Crippen LogP contribution in [0.2, 0.25) is 0 Å². The number of carbonyl (C=O) groups excluding carboxylic acids is 1. The van der Waals surface area contributed by atoms with Gasteiger partial charge in [0.25, 0.3) is 0 Å². The summed E-state index contributed by atoms with van der Waals surface area (Å²) in [5.41, 5.74) is 6.72. The molecule has 1 aromatic heterocycles. The number of amides is 1. The van der Waals surface area contributed by atoms with E-state index in [1.807, 2.05) is 17.0 Å². The maximum Gasteiger partial charge on any atom is 0.232 e. The molecule has 0 N–H and O–H groups in total. The van der Waals surface area contributed by atoms with Gasteiger partial charge in [-0.25, -0.2) is 0 Å². The Labute approximate surface area is 178 Å². The largest absolute Gasteiger partial charge is 0.339 e. The highest BCUT2D eigenvalue weighted by Gasteiger charge is 2.36. The van der Waals surface area contributed by atoms with Crippen LogP contribution in [0.5, 0.6) is 0 Å². The molecule has 1 saturated heterocycles. The van der Waals surface area contributed by atoms with Crippen molar-refractivity contribution in [3.05, 3.63) is 64.5 Å². The predicted molar refractivity (Wildman–Crippen MR) is 119 cm³/mol. The average Bonchev–Trinajstić information content (AvgIpc) is 3.28. The van der Waals surface area contributed by atoms with Crippen LogP contribution in [0.3, 0.4) is 0 Å². The van der Waals surface area contributed by atoms with Crippen molar-refractivity contribution in [2.45, 2.75) is 59.3 Å². The first-order valence-corrected chi connectivity index (χ1v) is 10.5. The number of anilines is 1. The number of aryl methyl sites for hydroxylation is 3. The van der Waals surface area contributed by atoms with Gasteiger partial charge < -0.3 is 9.42 Å². The van der Waals surface area contributed by atoms with Crippen LogP contribution >= 0.6 is 0 Å². The van der Waals surface area contributed by atoms with E-state index in [2.05, 4.69) is 75.9 Å². The van der Waals surface area contributed by atoms with Crippen LogP contribution in [0, 0.1) is 20.8 Å². The molecule has 1 unspecified atom stereocenters. The van der Waals surface area contributed by atoms with E-state index >= 15 is 0 Å². The summed E-state index contributed by atoms with van der Waals surface area (Å²) >= 11 is 0. The van der Waals surface area contributed by atoms with E-state index in [9.17, 15) is 4.79 Å². The van der Waals surface area contributed by atoms with Crippen molar-refractivity contribution in [3.63, 3.8) is 0 Å². The first-order chi connectivity index (χ1) is 14.1. The van der Waals surface area contributed by atoms with Crippen molar-refractivity contribution in [2.24, 2.45) is 0 Å². The van der Waals surface area contributed by atoms with Crippen molar-refractivity contribution in [3.8, 4) is 11.4 Å². The Kier molecular flexibility index (Phi) is 5.00. The molecule has 1 aliphatic rings. The molecular formula is C25H29N3O2. The van der Waals surface area contributed by atoms with Gasteiger partial charge in [0.15, 0.2) is 0 Å². The second-order valence-electron chi connectivity index (χ2n) is 9.44. The van der Waals surface area contributed by atoms with Crippen LogP contribution in [0.1, 0.15) is 61.3 Å². The summed E-state index contributed by atoms with van der Waals surface area (Å²) in [5, 5.41) is 4.18. The molecule has 5 nitrogen and oxygen atoms in total. The number of carbonyl (C=O) groups is 1. The lowest BCUT2D eigenvalue weighted by atomic mass is 9.87. The predicted octanol–water partition coefficient (Wildman–Crippen LogP) is 5.48. The quantitative estimate of drug-likeness (QED) is 0.581. The molecule has 1 atom stereocenters. The van der Waals surface area contributed by atoms with E-state index in [0.29, 0.717) is 24.7 Å². The molecule has 0 radical (unpaired) electrons. The lowest BCUT2D eigenvalue weighted by molar-refractivity contribution is -0.117. The Balaban J connectivity index is 1.56. The van der Waals surface area contributed by atoms with Crippen LogP contribution in [0.15, 0.2) is 40.9 Å². The molecule has 156 valence electrons. The summed E-state index contributed by atoms with van der Waals surface area (Å²) in [5.74, 6) is 1.11. The van der Waals surface area contributed by atoms with Crippen molar-refractivity contribution >= 4 is 11.6 Å². The van der Waals surface area contributed by atoms with Crippen LogP contribution in [0.25, 0.3) is 11.4 Å².